The molecule has 0 spiro atoms. The van der Waals surface area contributed by atoms with E-state index in [1.54, 1.807) is 0 Å². The van der Waals surface area contributed by atoms with Crippen molar-refractivity contribution in [2.45, 2.75) is 32.4 Å². The van der Waals surface area contributed by atoms with Crippen molar-refractivity contribution in [3.05, 3.63) is 29.3 Å². The van der Waals surface area contributed by atoms with Crippen LogP contribution in [0.2, 0.25) is 0 Å². The zero-order chi connectivity index (χ0) is 9.42. The molecular weight excluding hydrogens is 160 g/mol. The molecule has 1 heterocycles. The Labute approximate surface area is 79.1 Å². The Hall–Kier alpha value is -1.02. The zero-order valence-corrected chi connectivity index (χ0v) is 8.17. The van der Waals surface area contributed by atoms with Crippen LogP contribution < -0.4 is 11.1 Å². The molecule has 70 valence electrons. The third kappa shape index (κ3) is 1.54. The maximum atomic E-state index is 5.82. The molecule has 2 unspecified atom stereocenters. The highest BCUT2D eigenvalue weighted by Crippen LogP contribution is 2.27. The first-order chi connectivity index (χ1) is 6.16. The first-order valence-electron chi connectivity index (χ1n) is 4.82. The van der Waals surface area contributed by atoms with E-state index in [-0.39, 0.29) is 6.04 Å². The second kappa shape index (κ2) is 3.04. The van der Waals surface area contributed by atoms with Crippen LogP contribution in [0.25, 0.3) is 0 Å². The molecule has 1 aliphatic heterocycles. The van der Waals surface area contributed by atoms with Gasteiger partial charge in [-0.05, 0) is 37.5 Å². The Morgan fingerprint density at radius 3 is 3.00 bits per heavy atom. The number of hydrogen-bond acceptors (Lipinski definition) is 2. The Morgan fingerprint density at radius 2 is 2.31 bits per heavy atom. The normalized spacial score (nSPS) is 22.2. The molecule has 1 aliphatic rings. The SMILES string of the molecule is CC1Cc2cc(C(C)N)ccc2N1. The summed E-state index contributed by atoms with van der Waals surface area (Å²) in [5.74, 6) is 0. The molecule has 0 saturated heterocycles. The molecule has 2 rings (SSSR count). The van der Waals surface area contributed by atoms with Gasteiger partial charge in [0.15, 0.2) is 0 Å². The van der Waals surface area contributed by atoms with Crippen molar-refractivity contribution in [1.82, 2.24) is 0 Å². The number of nitrogens with one attached hydrogen (secondary N) is 1. The Balaban J connectivity index is 2.35. The fourth-order valence-electron chi connectivity index (χ4n) is 1.85. The molecule has 0 aliphatic carbocycles. The number of fused-ring (bicyclic) bond motifs is 1. The van der Waals surface area contributed by atoms with Gasteiger partial charge in [-0.3, -0.25) is 0 Å². The minimum absolute atomic E-state index is 0.140. The molecule has 2 atom stereocenters. The lowest BCUT2D eigenvalue weighted by Crippen LogP contribution is -2.08. The van der Waals surface area contributed by atoms with E-state index in [1.807, 2.05) is 6.92 Å². The summed E-state index contributed by atoms with van der Waals surface area (Å²) in [4.78, 5) is 0. The molecule has 1 aromatic carbocycles. The van der Waals surface area contributed by atoms with E-state index in [4.69, 9.17) is 5.73 Å². The van der Waals surface area contributed by atoms with Crippen LogP contribution in [-0.4, -0.2) is 6.04 Å². The van der Waals surface area contributed by atoms with E-state index >= 15 is 0 Å². The molecule has 0 saturated carbocycles. The minimum Gasteiger partial charge on any atom is -0.382 e. The van der Waals surface area contributed by atoms with Crippen LogP contribution in [0.15, 0.2) is 18.2 Å². The van der Waals surface area contributed by atoms with Crippen molar-refractivity contribution in [2.24, 2.45) is 5.73 Å². The van der Waals surface area contributed by atoms with Crippen molar-refractivity contribution in [1.29, 1.82) is 0 Å². The predicted octanol–water partition coefficient (Wildman–Crippen LogP) is 2.06. The first-order valence-corrected chi connectivity index (χ1v) is 4.82. The summed E-state index contributed by atoms with van der Waals surface area (Å²) < 4.78 is 0. The summed E-state index contributed by atoms with van der Waals surface area (Å²) >= 11 is 0. The molecule has 2 heteroatoms. The summed E-state index contributed by atoms with van der Waals surface area (Å²) in [5, 5.41) is 3.42. The van der Waals surface area contributed by atoms with E-state index in [0.29, 0.717) is 6.04 Å². The average molecular weight is 176 g/mol. The highest BCUT2D eigenvalue weighted by Gasteiger charge is 2.16. The summed E-state index contributed by atoms with van der Waals surface area (Å²) in [6, 6.07) is 7.17. The summed E-state index contributed by atoms with van der Waals surface area (Å²) in [5.41, 5.74) is 9.73. The molecule has 0 radical (unpaired) electrons. The number of anilines is 1. The lowest BCUT2D eigenvalue weighted by molar-refractivity contribution is 0.810. The number of benzene rings is 1. The third-order valence-corrected chi connectivity index (χ3v) is 2.58. The van der Waals surface area contributed by atoms with Gasteiger partial charge >= 0.3 is 0 Å². The smallest absolute Gasteiger partial charge is 0.0375 e. The van der Waals surface area contributed by atoms with Crippen molar-refractivity contribution >= 4 is 5.69 Å². The summed E-state index contributed by atoms with van der Waals surface area (Å²) in [6.45, 7) is 4.22. The van der Waals surface area contributed by atoms with Crippen molar-refractivity contribution in [3.8, 4) is 0 Å². The van der Waals surface area contributed by atoms with Gasteiger partial charge in [-0.2, -0.15) is 0 Å². The lowest BCUT2D eigenvalue weighted by Gasteiger charge is -2.07. The quantitative estimate of drug-likeness (QED) is 0.687. The topological polar surface area (TPSA) is 38.0 Å². The molecule has 0 bridgehead atoms. The van der Waals surface area contributed by atoms with Gasteiger partial charge in [0.2, 0.25) is 0 Å². The zero-order valence-electron chi connectivity index (χ0n) is 8.17. The maximum absolute atomic E-state index is 5.82. The van der Waals surface area contributed by atoms with Gasteiger partial charge in [-0.15, -0.1) is 0 Å². The van der Waals surface area contributed by atoms with E-state index < -0.39 is 0 Å². The van der Waals surface area contributed by atoms with Gasteiger partial charge in [-0.1, -0.05) is 12.1 Å². The Morgan fingerprint density at radius 1 is 1.54 bits per heavy atom. The van der Waals surface area contributed by atoms with Crippen molar-refractivity contribution in [3.63, 3.8) is 0 Å². The fraction of sp³-hybridized carbons (Fsp3) is 0.455. The summed E-state index contributed by atoms with van der Waals surface area (Å²) in [6.07, 6.45) is 1.12. The van der Waals surface area contributed by atoms with Crippen LogP contribution in [0.5, 0.6) is 0 Å². The van der Waals surface area contributed by atoms with E-state index in [2.05, 4.69) is 30.4 Å². The van der Waals surface area contributed by atoms with E-state index in [0.717, 1.165) is 6.42 Å². The van der Waals surface area contributed by atoms with E-state index in [1.165, 1.54) is 16.8 Å². The molecular formula is C11H16N2. The van der Waals surface area contributed by atoms with Crippen molar-refractivity contribution in [2.75, 3.05) is 5.32 Å². The minimum atomic E-state index is 0.140. The van der Waals surface area contributed by atoms with Crippen LogP contribution in [0.3, 0.4) is 0 Å². The lowest BCUT2D eigenvalue weighted by atomic mass is 10.0. The molecule has 0 amide bonds. The number of hydrogen-bond donors (Lipinski definition) is 2. The van der Waals surface area contributed by atoms with Gasteiger partial charge < -0.3 is 11.1 Å². The highest BCUT2D eigenvalue weighted by molar-refractivity contribution is 5.58. The van der Waals surface area contributed by atoms with Crippen LogP contribution in [0, 0.1) is 0 Å². The Kier molecular flexibility index (Phi) is 2.00. The second-order valence-corrected chi connectivity index (χ2v) is 3.95. The molecule has 3 N–H and O–H groups in total. The standard InChI is InChI=1S/C11H16N2/c1-7-5-10-6-9(8(2)12)3-4-11(10)13-7/h3-4,6-8,13H,5,12H2,1-2H3. The summed E-state index contributed by atoms with van der Waals surface area (Å²) in [7, 11) is 0. The van der Waals surface area contributed by atoms with Crippen molar-refractivity contribution < 1.29 is 0 Å². The molecule has 0 fully saturated rings. The largest absolute Gasteiger partial charge is 0.382 e. The molecule has 0 aromatic heterocycles. The monoisotopic (exact) mass is 176 g/mol. The van der Waals surface area contributed by atoms with Gasteiger partial charge in [0, 0.05) is 17.8 Å². The van der Waals surface area contributed by atoms with Crippen LogP contribution >= 0.6 is 0 Å². The van der Waals surface area contributed by atoms with Crippen LogP contribution in [0.4, 0.5) is 5.69 Å². The third-order valence-electron chi connectivity index (χ3n) is 2.58. The van der Waals surface area contributed by atoms with Crippen LogP contribution in [0.1, 0.15) is 31.0 Å². The van der Waals surface area contributed by atoms with E-state index in [9.17, 15) is 0 Å². The number of rotatable bonds is 1. The fourth-order valence-corrected chi connectivity index (χ4v) is 1.85. The second-order valence-electron chi connectivity index (χ2n) is 3.95. The van der Waals surface area contributed by atoms with Crippen LogP contribution in [-0.2, 0) is 6.42 Å². The first kappa shape index (κ1) is 8.57. The molecule has 1 aromatic rings. The van der Waals surface area contributed by atoms with Gasteiger partial charge in [0.05, 0.1) is 0 Å². The van der Waals surface area contributed by atoms with Gasteiger partial charge in [-0.25, -0.2) is 0 Å². The van der Waals surface area contributed by atoms with Gasteiger partial charge in [0.25, 0.3) is 0 Å². The van der Waals surface area contributed by atoms with Gasteiger partial charge in [0.1, 0.15) is 0 Å². The number of nitrogens with two attached hydrogens (primary N) is 1. The molecule has 2 nitrogen and oxygen atoms in total. The maximum Gasteiger partial charge on any atom is 0.0375 e. The predicted molar refractivity (Wildman–Crippen MR) is 55.8 cm³/mol. The highest BCUT2D eigenvalue weighted by atomic mass is 14.9. The Bertz CT molecular complexity index is 318. The average Bonchev–Trinajstić information content (AvgIpc) is 2.42. The molecule has 13 heavy (non-hydrogen) atoms.